The maximum absolute atomic E-state index is 13.5. The van der Waals surface area contributed by atoms with Gasteiger partial charge in [-0.3, -0.25) is 9.36 Å². The van der Waals surface area contributed by atoms with Crippen LogP contribution < -0.4 is 5.56 Å². The fourth-order valence-electron chi connectivity index (χ4n) is 3.69. The number of thioether (sulfide) groups is 1. The first-order chi connectivity index (χ1) is 14.6. The van der Waals surface area contributed by atoms with E-state index in [1.807, 2.05) is 53.1 Å². The van der Waals surface area contributed by atoms with Crippen LogP contribution in [-0.2, 0) is 6.42 Å². The van der Waals surface area contributed by atoms with E-state index in [2.05, 4.69) is 44.2 Å². The van der Waals surface area contributed by atoms with Crippen LogP contribution in [0.2, 0.25) is 0 Å². The van der Waals surface area contributed by atoms with Crippen molar-refractivity contribution in [2.75, 3.05) is 5.75 Å². The van der Waals surface area contributed by atoms with Gasteiger partial charge < -0.3 is 0 Å². The molecule has 1 heterocycles. The summed E-state index contributed by atoms with van der Waals surface area (Å²) in [6, 6.07) is 26.3. The summed E-state index contributed by atoms with van der Waals surface area (Å²) in [5, 5.41) is 1.42. The molecule has 4 heteroatoms. The zero-order valence-electron chi connectivity index (χ0n) is 17.4. The zero-order valence-corrected chi connectivity index (χ0v) is 18.2. The Bertz CT molecular complexity index is 1200. The van der Waals surface area contributed by atoms with Crippen LogP contribution in [0.4, 0.5) is 0 Å². The van der Waals surface area contributed by atoms with E-state index in [0.717, 1.165) is 40.5 Å². The fourth-order valence-corrected chi connectivity index (χ4v) is 4.63. The van der Waals surface area contributed by atoms with E-state index in [-0.39, 0.29) is 5.56 Å². The molecule has 0 amide bonds. The van der Waals surface area contributed by atoms with Gasteiger partial charge in [0.1, 0.15) is 0 Å². The second-order valence-corrected chi connectivity index (χ2v) is 8.77. The molecule has 0 radical (unpaired) electrons. The van der Waals surface area contributed by atoms with Gasteiger partial charge in [0.15, 0.2) is 5.16 Å². The third-order valence-electron chi connectivity index (χ3n) is 5.23. The number of para-hydroxylation sites is 2. The lowest BCUT2D eigenvalue weighted by Crippen LogP contribution is -2.23. The van der Waals surface area contributed by atoms with Crippen LogP contribution in [0, 0.1) is 0 Å². The molecule has 3 aromatic carbocycles. The lowest BCUT2D eigenvalue weighted by molar-refractivity contribution is 0.779. The largest absolute Gasteiger partial charge is 0.268 e. The summed E-state index contributed by atoms with van der Waals surface area (Å²) in [6.45, 7) is 4.32. The molecular weight excluding hydrogens is 388 g/mol. The maximum Gasteiger partial charge on any atom is 0.266 e. The summed E-state index contributed by atoms with van der Waals surface area (Å²) in [4.78, 5) is 18.4. The Morgan fingerprint density at radius 3 is 2.40 bits per heavy atom. The average molecular weight is 415 g/mol. The van der Waals surface area contributed by atoms with Crippen molar-refractivity contribution in [3.63, 3.8) is 0 Å². The number of hydrogen-bond acceptors (Lipinski definition) is 3. The number of rotatable bonds is 7. The highest BCUT2D eigenvalue weighted by atomic mass is 32.2. The number of hydrogen-bond donors (Lipinski definition) is 0. The molecule has 1 aromatic heterocycles. The molecule has 0 bridgehead atoms. The van der Waals surface area contributed by atoms with Crippen LogP contribution in [0.1, 0.15) is 37.3 Å². The average Bonchev–Trinajstić information content (AvgIpc) is 2.77. The van der Waals surface area contributed by atoms with Crippen molar-refractivity contribution in [1.29, 1.82) is 0 Å². The first-order valence-corrected chi connectivity index (χ1v) is 11.4. The molecule has 0 saturated heterocycles. The topological polar surface area (TPSA) is 34.9 Å². The van der Waals surface area contributed by atoms with Crippen molar-refractivity contribution in [2.45, 2.75) is 37.8 Å². The highest BCUT2D eigenvalue weighted by Gasteiger charge is 2.16. The SMILES string of the molecule is CC(C)c1ccccc1-n1c(SCCCc2ccccc2)nc2ccccc2c1=O. The van der Waals surface area contributed by atoms with Crippen molar-refractivity contribution in [2.24, 2.45) is 0 Å². The quantitative estimate of drug-likeness (QED) is 0.204. The molecule has 4 rings (SSSR count). The molecule has 4 aromatic rings. The highest BCUT2D eigenvalue weighted by Crippen LogP contribution is 2.27. The molecule has 0 spiro atoms. The Kier molecular flexibility index (Phi) is 6.34. The number of nitrogens with zero attached hydrogens (tertiary/aromatic N) is 2. The number of aryl methyl sites for hydroxylation is 1. The molecular formula is C26H26N2OS. The molecule has 0 aliphatic carbocycles. The standard InChI is InChI=1S/C26H26N2OS/c1-19(2)21-14-7-9-17-24(21)28-25(29)22-15-6-8-16-23(22)27-26(28)30-18-10-13-20-11-4-3-5-12-20/h3-9,11-12,14-17,19H,10,13,18H2,1-2H3. The number of aromatic nitrogens is 2. The number of benzene rings is 3. The molecule has 0 N–H and O–H groups in total. The van der Waals surface area contributed by atoms with E-state index < -0.39 is 0 Å². The Morgan fingerprint density at radius 1 is 0.900 bits per heavy atom. The molecule has 0 fully saturated rings. The summed E-state index contributed by atoms with van der Waals surface area (Å²) in [6.07, 6.45) is 2.05. The predicted molar refractivity (Wildman–Crippen MR) is 127 cm³/mol. The van der Waals surface area contributed by atoms with Gasteiger partial charge in [0.05, 0.1) is 16.6 Å². The van der Waals surface area contributed by atoms with E-state index in [9.17, 15) is 4.79 Å². The van der Waals surface area contributed by atoms with E-state index >= 15 is 0 Å². The highest BCUT2D eigenvalue weighted by molar-refractivity contribution is 7.99. The summed E-state index contributed by atoms with van der Waals surface area (Å²) < 4.78 is 1.81. The van der Waals surface area contributed by atoms with Crippen molar-refractivity contribution in [3.05, 3.63) is 100 Å². The van der Waals surface area contributed by atoms with Gasteiger partial charge in [0.25, 0.3) is 5.56 Å². The first kappa shape index (κ1) is 20.4. The smallest absolute Gasteiger partial charge is 0.266 e. The minimum atomic E-state index is -0.000686. The van der Waals surface area contributed by atoms with Crippen LogP contribution >= 0.6 is 11.8 Å². The van der Waals surface area contributed by atoms with Gasteiger partial charge in [-0.25, -0.2) is 4.98 Å². The van der Waals surface area contributed by atoms with Crippen LogP contribution in [0.3, 0.4) is 0 Å². The molecule has 3 nitrogen and oxygen atoms in total. The Hall–Kier alpha value is -2.85. The lowest BCUT2D eigenvalue weighted by atomic mass is 10.0. The summed E-state index contributed by atoms with van der Waals surface area (Å²) in [5.74, 6) is 1.22. The van der Waals surface area contributed by atoms with Gasteiger partial charge in [0.2, 0.25) is 0 Å². The van der Waals surface area contributed by atoms with E-state index in [1.54, 1.807) is 11.8 Å². The van der Waals surface area contributed by atoms with E-state index in [0.29, 0.717) is 11.3 Å². The van der Waals surface area contributed by atoms with E-state index in [1.165, 1.54) is 5.56 Å². The molecule has 30 heavy (non-hydrogen) atoms. The van der Waals surface area contributed by atoms with Crippen LogP contribution in [0.25, 0.3) is 16.6 Å². The second kappa shape index (κ2) is 9.31. The lowest BCUT2D eigenvalue weighted by Gasteiger charge is -2.18. The van der Waals surface area contributed by atoms with Crippen molar-refractivity contribution < 1.29 is 0 Å². The molecule has 0 atom stereocenters. The Balaban J connectivity index is 1.71. The minimum Gasteiger partial charge on any atom is -0.268 e. The second-order valence-electron chi connectivity index (χ2n) is 7.70. The third-order valence-corrected chi connectivity index (χ3v) is 6.25. The normalized spacial score (nSPS) is 11.3. The van der Waals surface area contributed by atoms with Gasteiger partial charge in [-0.1, -0.05) is 86.3 Å². The van der Waals surface area contributed by atoms with Crippen LogP contribution in [0.15, 0.2) is 88.8 Å². The monoisotopic (exact) mass is 414 g/mol. The first-order valence-electron chi connectivity index (χ1n) is 10.4. The number of fused-ring (bicyclic) bond motifs is 1. The summed E-state index contributed by atoms with van der Waals surface area (Å²) in [7, 11) is 0. The molecule has 152 valence electrons. The summed E-state index contributed by atoms with van der Waals surface area (Å²) >= 11 is 1.66. The third kappa shape index (κ3) is 4.34. The molecule has 0 unspecified atom stereocenters. The predicted octanol–water partition coefficient (Wildman–Crippen LogP) is 6.23. The van der Waals surface area contributed by atoms with Crippen LogP contribution in [0.5, 0.6) is 0 Å². The Labute approximate surface area is 181 Å². The van der Waals surface area contributed by atoms with Crippen LogP contribution in [-0.4, -0.2) is 15.3 Å². The minimum absolute atomic E-state index is 0.000686. The van der Waals surface area contributed by atoms with Gasteiger partial charge in [0, 0.05) is 5.75 Å². The fraction of sp³-hybridized carbons (Fsp3) is 0.231. The Morgan fingerprint density at radius 2 is 1.60 bits per heavy atom. The van der Waals surface area contributed by atoms with E-state index in [4.69, 9.17) is 4.98 Å². The van der Waals surface area contributed by atoms with Gasteiger partial charge >= 0.3 is 0 Å². The molecule has 0 saturated carbocycles. The van der Waals surface area contributed by atoms with Crippen molar-refractivity contribution in [3.8, 4) is 5.69 Å². The van der Waals surface area contributed by atoms with Gasteiger partial charge in [-0.05, 0) is 48.1 Å². The van der Waals surface area contributed by atoms with Gasteiger partial charge in [-0.2, -0.15) is 0 Å². The molecule has 0 aliphatic rings. The maximum atomic E-state index is 13.5. The zero-order chi connectivity index (χ0) is 20.9. The van der Waals surface area contributed by atoms with Crippen molar-refractivity contribution >= 4 is 22.7 Å². The van der Waals surface area contributed by atoms with Gasteiger partial charge in [-0.15, -0.1) is 0 Å². The molecule has 0 aliphatic heterocycles. The van der Waals surface area contributed by atoms with Crippen molar-refractivity contribution in [1.82, 2.24) is 9.55 Å². The summed E-state index contributed by atoms with van der Waals surface area (Å²) in [5.41, 5.74) is 4.18.